The smallest absolute Gasteiger partial charge is 0.227 e. The van der Waals surface area contributed by atoms with Gasteiger partial charge in [0.1, 0.15) is 5.82 Å². The van der Waals surface area contributed by atoms with Crippen LogP contribution in [0, 0.1) is 6.92 Å². The first-order chi connectivity index (χ1) is 7.79. The molecule has 1 aliphatic heterocycles. The molecule has 16 heavy (non-hydrogen) atoms. The Morgan fingerprint density at radius 3 is 2.88 bits per heavy atom. The van der Waals surface area contributed by atoms with Gasteiger partial charge in [-0.1, -0.05) is 6.08 Å². The fraction of sp³-hybridized carbons (Fsp3) is 0.500. The van der Waals surface area contributed by atoms with Gasteiger partial charge in [-0.05, 0) is 19.8 Å². The molecule has 1 aliphatic rings. The summed E-state index contributed by atoms with van der Waals surface area (Å²) in [7, 11) is 0. The van der Waals surface area contributed by atoms with Crippen molar-refractivity contribution in [2.75, 3.05) is 29.9 Å². The van der Waals surface area contributed by atoms with Gasteiger partial charge in [0.25, 0.3) is 0 Å². The molecule has 0 unspecified atom stereocenters. The maximum absolute atomic E-state index is 4.51. The van der Waals surface area contributed by atoms with Gasteiger partial charge in [0, 0.05) is 31.4 Å². The Labute approximate surface area is 96.4 Å². The summed E-state index contributed by atoms with van der Waals surface area (Å²) in [5.41, 5.74) is 1.00. The number of anilines is 2. The highest BCUT2D eigenvalue weighted by Gasteiger charge is 2.15. The van der Waals surface area contributed by atoms with Crippen molar-refractivity contribution in [3.8, 4) is 0 Å². The zero-order valence-corrected chi connectivity index (χ0v) is 9.74. The maximum atomic E-state index is 4.51. The minimum absolute atomic E-state index is 0.732. The average Bonchev–Trinajstić information content (AvgIpc) is 2.79. The van der Waals surface area contributed by atoms with Crippen molar-refractivity contribution < 1.29 is 0 Å². The lowest BCUT2D eigenvalue weighted by Crippen LogP contribution is -2.21. The van der Waals surface area contributed by atoms with Crippen molar-refractivity contribution in [3.05, 3.63) is 24.4 Å². The summed E-state index contributed by atoms with van der Waals surface area (Å²) in [6, 6.07) is 1.96. The van der Waals surface area contributed by atoms with E-state index in [0.717, 1.165) is 37.1 Å². The van der Waals surface area contributed by atoms with Crippen LogP contribution in [0.2, 0.25) is 0 Å². The summed E-state index contributed by atoms with van der Waals surface area (Å²) in [5.74, 6) is 1.73. The van der Waals surface area contributed by atoms with Crippen molar-refractivity contribution in [2.45, 2.75) is 19.8 Å². The topological polar surface area (TPSA) is 41.1 Å². The highest BCUT2D eigenvalue weighted by Crippen LogP contribution is 2.18. The predicted octanol–water partition coefficient (Wildman–Crippen LogP) is 1.98. The Balaban J connectivity index is 2.17. The van der Waals surface area contributed by atoms with E-state index in [1.54, 1.807) is 0 Å². The molecule has 0 atom stereocenters. The zero-order valence-electron chi connectivity index (χ0n) is 9.74. The van der Waals surface area contributed by atoms with Crippen LogP contribution in [-0.2, 0) is 0 Å². The second-order valence-corrected chi connectivity index (χ2v) is 4.06. The van der Waals surface area contributed by atoms with Gasteiger partial charge < -0.3 is 10.2 Å². The summed E-state index contributed by atoms with van der Waals surface area (Å²) in [6.45, 7) is 8.56. The van der Waals surface area contributed by atoms with E-state index < -0.39 is 0 Å². The Kier molecular flexibility index (Phi) is 3.39. The van der Waals surface area contributed by atoms with E-state index in [1.807, 2.05) is 19.1 Å². The van der Waals surface area contributed by atoms with Crippen LogP contribution in [-0.4, -0.2) is 29.6 Å². The molecule has 1 fully saturated rings. The highest BCUT2D eigenvalue weighted by atomic mass is 15.3. The zero-order chi connectivity index (χ0) is 11.4. The molecule has 1 saturated heterocycles. The van der Waals surface area contributed by atoms with Crippen LogP contribution in [0.5, 0.6) is 0 Å². The van der Waals surface area contributed by atoms with Crippen molar-refractivity contribution in [1.82, 2.24) is 9.97 Å². The molecular weight excluding hydrogens is 200 g/mol. The third kappa shape index (κ3) is 2.51. The van der Waals surface area contributed by atoms with Crippen LogP contribution in [0.25, 0.3) is 0 Å². The highest BCUT2D eigenvalue weighted by molar-refractivity contribution is 5.44. The van der Waals surface area contributed by atoms with Gasteiger partial charge in [-0.2, -0.15) is 4.98 Å². The van der Waals surface area contributed by atoms with Crippen LogP contribution < -0.4 is 10.2 Å². The van der Waals surface area contributed by atoms with Crippen LogP contribution in [0.15, 0.2) is 18.7 Å². The van der Waals surface area contributed by atoms with E-state index >= 15 is 0 Å². The molecule has 0 aliphatic carbocycles. The second-order valence-electron chi connectivity index (χ2n) is 4.06. The number of aryl methyl sites for hydroxylation is 1. The Morgan fingerprint density at radius 1 is 1.44 bits per heavy atom. The molecule has 0 bridgehead atoms. The summed E-state index contributed by atoms with van der Waals surface area (Å²) < 4.78 is 0. The number of nitrogens with zero attached hydrogens (tertiary/aromatic N) is 3. The number of nitrogens with one attached hydrogen (secondary N) is 1. The van der Waals surface area contributed by atoms with Gasteiger partial charge in [0.05, 0.1) is 0 Å². The third-order valence-electron chi connectivity index (χ3n) is 2.66. The lowest BCUT2D eigenvalue weighted by Gasteiger charge is -2.16. The molecule has 0 saturated carbocycles. The monoisotopic (exact) mass is 218 g/mol. The average molecular weight is 218 g/mol. The lowest BCUT2D eigenvalue weighted by molar-refractivity contribution is 0.889. The van der Waals surface area contributed by atoms with Gasteiger partial charge >= 0.3 is 0 Å². The minimum Gasteiger partial charge on any atom is -0.366 e. The van der Waals surface area contributed by atoms with E-state index in [9.17, 15) is 0 Å². The van der Waals surface area contributed by atoms with Gasteiger partial charge in [-0.3, -0.25) is 0 Å². The SMILES string of the molecule is C=CCNc1cc(C)nc(N2CCCC2)n1. The minimum atomic E-state index is 0.732. The molecule has 2 rings (SSSR count). The number of aromatic nitrogens is 2. The summed E-state index contributed by atoms with van der Waals surface area (Å²) in [5, 5.41) is 3.20. The van der Waals surface area contributed by atoms with Gasteiger partial charge in [0.15, 0.2) is 0 Å². The number of hydrogen-bond acceptors (Lipinski definition) is 4. The largest absolute Gasteiger partial charge is 0.366 e. The molecule has 0 radical (unpaired) electrons. The summed E-state index contributed by atoms with van der Waals surface area (Å²) >= 11 is 0. The van der Waals surface area contributed by atoms with Crippen molar-refractivity contribution in [2.24, 2.45) is 0 Å². The first-order valence-electron chi connectivity index (χ1n) is 5.75. The number of hydrogen-bond donors (Lipinski definition) is 1. The normalized spacial score (nSPS) is 15.2. The first kappa shape index (κ1) is 10.9. The first-order valence-corrected chi connectivity index (χ1v) is 5.75. The van der Waals surface area contributed by atoms with E-state index in [0.29, 0.717) is 0 Å². The fourth-order valence-electron chi connectivity index (χ4n) is 1.88. The Hall–Kier alpha value is -1.58. The molecule has 1 N–H and O–H groups in total. The Morgan fingerprint density at radius 2 is 2.19 bits per heavy atom. The van der Waals surface area contributed by atoms with E-state index in [2.05, 4.69) is 26.8 Å². The van der Waals surface area contributed by atoms with E-state index in [1.165, 1.54) is 12.8 Å². The quantitative estimate of drug-likeness (QED) is 0.785. The van der Waals surface area contributed by atoms with Crippen molar-refractivity contribution in [3.63, 3.8) is 0 Å². The van der Waals surface area contributed by atoms with Gasteiger partial charge in [0.2, 0.25) is 5.95 Å². The van der Waals surface area contributed by atoms with Crippen LogP contribution in [0.3, 0.4) is 0 Å². The lowest BCUT2D eigenvalue weighted by atomic mass is 10.4. The third-order valence-corrected chi connectivity index (χ3v) is 2.66. The molecule has 0 spiro atoms. The molecule has 0 amide bonds. The second kappa shape index (κ2) is 4.96. The molecule has 2 heterocycles. The standard InChI is InChI=1S/C12H18N4/c1-3-6-13-11-9-10(2)14-12(15-11)16-7-4-5-8-16/h3,9H,1,4-8H2,2H3,(H,13,14,15). The number of rotatable bonds is 4. The predicted molar refractivity (Wildman–Crippen MR) is 66.9 cm³/mol. The maximum Gasteiger partial charge on any atom is 0.227 e. The van der Waals surface area contributed by atoms with Gasteiger partial charge in [-0.15, -0.1) is 6.58 Å². The molecule has 86 valence electrons. The molecule has 1 aromatic rings. The molecule has 1 aromatic heterocycles. The molecule has 4 heteroatoms. The van der Waals surface area contributed by atoms with Crippen LogP contribution >= 0.6 is 0 Å². The molecular formula is C12H18N4. The van der Waals surface area contributed by atoms with Crippen LogP contribution in [0.1, 0.15) is 18.5 Å². The molecule has 4 nitrogen and oxygen atoms in total. The summed E-state index contributed by atoms with van der Waals surface area (Å²) in [4.78, 5) is 11.2. The fourth-order valence-corrected chi connectivity index (χ4v) is 1.88. The van der Waals surface area contributed by atoms with E-state index in [4.69, 9.17) is 0 Å². The summed E-state index contributed by atoms with van der Waals surface area (Å²) in [6.07, 6.45) is 4.31. The molecule has 0 aromatic carbocycles. The van der Waals surface area contributed by atoms with E-state index in [-0.39, 0.29) is 0 Å². The van der Waals surface area contributed by atoms with Crippen molar-refractivity contribution in [1.29, 1.82) is 0 Å². The van der Waals surface area contributed by atoms with Gasteiger partial charge in [-0.25, -0.2) is 4.98 Å². The van der Waals surface area contributed by atoms with Crippen LogP contribution in [0.4, 0.5) is 11.8 Å². The van der Waals surface area contributed by atoms with Crippen molar-refractivity contribution >= 4 is 11.8 Å². The Bertz CT molecular complexity index is 369.